The first-order valence-electron chi connectivity index (χ1n) is 7.09. The molecule has 5 nitrogen and oxygen atoms in total. The van der Waals surface area contributed by atoms with Gasteiger partial charge in [0.15, 0.2) is 0 Å². The van der Waals surface area contributed by atoms with Crippen LogP contribution in [0.2, 0.25) is 5.02 Å². The zero-order valence-corrected chi connectivity index (χ0v) is 12.6. The molecule has 2 heterocycles. The van der Waals surface area contributed by atoms with Gasteiger partial charge in [-0.15, -0.1) is 0 Å². The predicted octanol–water partition coefficient (Wildman–Crippen LogP) is 2.22. The normalized spacial score (nSPS) is 20.1. The van der Waals surface area contributed by atoms with Gasteiger partial charge in [0.05, 0.1) is 12.3 Å². The molecule has 0 saturated carbocycles. The molecule has 2 aliphatic heterocycles. The summed E-state index contributed by atoms with van der Waals surface area (Å²) < 4.78 is 5.57. The van der Waals surface area contributed by atoms with Gasteiger partial charge in [-0.2, -0.15) is 0 Å². The molecule has 2 aliphatic rings. The van der Waals surface area contributed by atoms with Crippen LogP contribution in [0.5, 0.6) is 5.75 Å². The van der Waals surface area contributed by atoms with Crippen LogP contribution >= 0.6 is 11.6 Å². The van der Waals surface area contributed by atoms with Crippen molar-refractivity contribution in [1.29, 1.82) is 0 Å². The van der Waals surface area contributed by atoms with E-state index in [1.807, 2.05) is 6.07 Å². The average molecular weight is 309 g/mol. The van der Waals surface area contributed by atoms with Gasteiger partial charge in [0.25, 0.3) is 0 Å². The van der Waals surface area contributed by atoms with Crippen LogP contribution in [-0.4, -0.2) is 35.9 Å². The highest BCUT2D eigenvalue weighted by atomic mass is 35.5. The number of amides is 2. The number of anilines is 1. The lowest BCUT2D eigenvalue weighted by atomic mass is 10.1. The number of carbonyl (C=O) groups excluding carboxylic acids is 2. The molecule has 1 fully saturated rings. The first-order chi connectivity index (χ1) is 10.1. The smallest absolute Gasteiger partial charge is 0.247 e. The number of hydrogen-bond acceptors (Lipinski definition) is 3. The zero-order chi connectivity index (χ0) is 15.0. The van der Waals surface area contributed by atoms with Crippen molar-refractivity contribution in [2.24, 2.45) is 0 Å². The van der Waals surface area contributed by atoms with E-state index in [-0.39, 0.29) is 11.8 Å². The molecule has 0 bridgehead atoms. The molecule has 112 valence electrons. The van der Waals surface area contributed by atoms with Crippen molar-refractivity contribution >= 4 is 29.1 Å². The monoisotopic (exact) mass is 308 g/mol. The number of ether oxygens (including phenoxy) is 1. The van der Waals surface area contributed by atoms with Gasteiger partial charge in [-0.05, 0) is 25.0 Å². The minimum absolute atomic E-state index is 0.0692. The molecule has 0 aromatic heterocycles. The van der Waals surface area contributed by atoms with Gasteiger partial charge in [0.1, 0.15) is 11.8 Å². The Morgan fingerprint density at radius 1 is 1.43 bits per heavy atom. The van der Waals surface area contributed by atoms with Crippen molar-refractivity contribution in [1.82, 2.24) is 4.90 Å². The molecule has 1 aromatic carbocycles. The molecule has 0 unspecified atom stereocenters. The molecule has 6 heteroatoms. The van der Waals surface area contributed by atoms with E-state index in [9.17, 15) is 9.59 Å². The maximum atomic E-state index is 12.4. The number of hydrogen-bond donors (Lipinski definition) is 1. The third-order valence-corrected chi connectivity index (χ3v) is 4.18. The quantitative estimate of drug-likeness (QED) is 0.911. The molecule has 2 amide bonds. The number of carbonyl (C=O) groups is 2. The summed E-state index contributed by atoms with van der Waals surface area (Å²) in [5.74, 6) is 0.447. The first-order valence-corrected chi connectivity index (χ1v) is 7.47. The van der Waals surface area contributed by atoms with Crippen LogP contribution in [0.25, 0.3) is 0 Å². The number of rotatable bonds is 2. The van der Waals surface area contributed by atoms with E-state index in [0.717, 1.165) is 18.4 Å². The molecule has 0 spiro atoms. The highest BCUT2D eigenvalue weighted by molar-refractivity contribution is 6.31. The summed E-state index contributed by atoms with van der Waals surface area (Å²) in [5.41, 5.74) is 1.60. The topological polar surface area (TPSA) is 58.6 Å². The van der Waals surface area contributed by atoms with E-state index < -0.39 is 6.04 Å². The van der Waals surface area contributed by atoms with Gasteiger partial charge in [0, 0.05) is 30.5 Å². The summed E-state index contributed by atoms with van der Waals surface area (Å²) in [6.07, 6.45) is 2.33. The summed E-state index contributed by atoms with van der Waals surface area (Å²) in [6, 6.07) is 3.15. The summed E-state index contributed by atoms with van der Waals surface area (Å²) in [4.78, 5) is 25.6. The fourth-order valence-electron chi connectivity index (χ4n) is 2.99. The summed E-state index contributed by atoms with van der Waals surface area (Å²) in [5, 5.41) is 3.44. The second-order valence-electron chi connectivity index (χ2n) is 5.40. The van der Waals surface area contributed by atoms with Gasteiger partial charge in [0.2, 0.25) is 11.8 Å². The van der Waals surface area contributed by atoms with Gasteiger partial charge in [-0.3, -0.25) is 9.59 Å². The third-order valence-electron chi connectivity index (χ3n) is 3.97. The molecular weight excluding hydrogens is 292 g/mol. The number of halogens is 1. The second-order valence-corrected chi connectivity index (χ2v) is 5.84. The molecule has 0 radical (unpaired) electrons. The largest absolute Gasteiger partial charge is 0.491 e. The number of fused-ring (bicyclic) bond motifs is 1. The zero-order valence-electron chi connectivity index (χ0n) is 11.8. The number of nitrogens with one attached hydrogen (secondary N) is 1. The predicted molar refractivity (Wildman–Crippen MR) is 79.7 cm³/mol. The molecule has 0 aliphatic carbocycles. The fourth-order valence-corrected chi connectivity index (χ4v) is 3.24. The lowest BCUT2D eigenvalue weighted by molar-refractivity contribution is -0.134. The minimum Gasteiger partial charge on any atom is -0.491 e. The Morgan fingerprint density at radius 2 is 2.24 bits per heavy atom. The number of nitrogens with zero attached hydrogens (tertiary/aromatic N) is 1. The Labute approximate surface area is 128 Å². The maximum Gasteiger partial charge on any atom is 0.247 e. The average Bonchev–Trinajstić information content (AvgIpc) is 3.06. The minimum atomic E-state index is -0.404. The SMILES string of the molecule is CC(=O)N1CCC[C@@H]1C(=O)Nc1cc(Cl)cc2c1OCC2. The van der Waals surface area contributed by atoms with Gasteiger partial charge in [-0.25, -0.2) is 0 Å². The highest BCUT2D eigenvalue weighted by Gasteiger charge is 2.33. The molecule has 1 saturated heterocycles. The van der Waals surface area contributed by atoms with Crippen molar-refractivity contribution in [3.8, 4) is 5.75 Å². The molecule has 1 atom stereocenters. The highest BCUT2D eigenvalue weighted by Crippen LogP contribution is 2.37. The van der Waals surface area contributed by atoms with E-state index >= 15 is 0 Å². The number of likely N-dealkylation sites (tertiary alicyclic amines) is 1. The van der Waals surface area contributed by atoms with Crippen LogP contribution < -0.4 is 10.1 Å². The van der Waals surface area contributed by atoms with Crippen molar-refractivity contribution in [2.75, 3.05) is 18.5 Å². The third kappa shape index (κ3) is 2.70. The van der Waals surface area contributed by atoms with E-state index in [2.05, 4.69) is 5.32 Å². The molecular formula is C15H17ClN2O3. The molecule has 1 aromatic rings. The van der Waals surface area contributed by atoms with Crippen molar-refractivity contribution in [3.63, 3.8) is 0 Å². The summed E-state index contributed by atoms with van der Waals surface area (Å²) in [7, 11) is 0. The fraction of sp³-hybridized carbons (Fsp3) is 0.467. The summed E-state index contributed by atoms with van der Waals surface area (Å²) in [6.45, 7) is 2.73. The molecule has 1 N–H and O–H groups in total. The Bertz CT molecular complexity index is 603. The molecule has 21 heavy (non-hydrogen) atoms. The number of benzene rings is 1. The van der Waals surface area contributed by atoms with Crippen molar-refractivity contribution in [2.45, 2.75) is 32.2 Å². The van der Waals surface area contributed by atoms with E-state index in [1.165, 1.54) is 6.92 Å². The van der Waals surface area contributed by atoms with Gasteiger partial charge < -0.3 is 15.0 Å². The lowest BCUT2D eigenvalue weighted by Crippen LogP contribution is -2.42. The van der Waals surface area contributed by atoms with Gasteiger partial charge >= 0.3 is 0 Å². The Kier molecular flexibility index (Phi) is 3.76. The van der Waals surface area contributed by atoms with Crippen LogP contribution in [-0.2, 0) is 16.0 Å². The van der Waals surface area contributed by atoms with Crippen LogP contribution in [0.1, 0.15) is 25.3 Å². The van der Waals surface area contributed by atoms with Crippen LogP contribution in [0, 0.1) is 0 Å². The Hall–Kier alpha value is -1.75. The maximum absolute atomic E-state index is 12.4. The van der Waals surface area contributed by atoms with Crippen LogP contribution in [0.3, 0.4) is 0 Å². The molecule has 3 rings (SSSR count). The second kappa shape index (κ2) is 5.56. The Balaban J connectivity index is 1.81. The van der Waals surface area contributed by atoms with E-state index in [0.29, 0.717) is 36.0 Å². The standard InChI is InChI=1S/C15H17ClN2O3/c1-9(19)18-5-2-3-13(18)15(20)17-12-8-11(16)7-10-4-6-21-14(10)12/h7-8,13H,2-6H2,1H3,(H,17,20)/t13-/m1/s1. The van der Waals surface area contributed by atoms with E-state index in [1.54, 1.807) is 11.0 Å². The lowest BCUT2D eigenvalue weighted by Gasteiger charge is -2.22. The first kappa shape index (κ1) is 14.2. The summed E-state index contributed by atoms with van der Waals surface area (Å²) >= 11 is 6.08. The van der Waals surface area contributed by atoms with Crippen LogP contribution in [0.15, 0.2) is 12.1 Å². The Morgan fingerprint density at radius 3 is 3.00 bits per heavy atom. The van der Waals surface area contributed by atoms with Crippen LogP contribution in [0.4, 0.5) is 5.69 Å². The van der Waals surface area contributed by atoms with Crippen molar-refractivity contribution < 1.29 is 14.3 Å². The van der Waals surface area contributed by atoms with E-state index in [4.69, 9.17) is 16.3 Å². The van der Waals surface area contributed by atoms with Gasteiger partial charge in [-0.1, -0.05) is 11.6 Å². The van der Waals surface area contributed by atoms with Crippen molar-refractivity contribution in [3.05, 3.63) is 22.7 Å².